The van der Waals surface area contributed by atoms with Crippen molar-refractivity contribution in [2.24, 2.45) is 0 Å². The SMILES string of the molecule is COc1ccc(S(=O)(=O)NCC(c2ccco2)N2CCN(c3ccccc3F)CC2)cc1. The Balaban J connectivity index is 1.45. The first kappa shape index (κ1) is 22.3. The lowest BCUT2D eigenvalue weighted by Gasteiger charge is -2.39. The molecule has 0 radical (unpaired) electrons. The molecule has 1 aliphatic rings. The number of benzene rings is 2. The van der Waals surface area contributed by atoms with Crippen LogP contribution in [0.5, 0.6) is 5.75 Å². The van der Waals surface area contributed by atoms with Gasteiger partial charge in [-0.15, -0.1) is 0 Å². The summed E-state index contributed by atoms with van der Waals surface area (Å²) >= 11 is 0. The van der Waals surface area contributed by atoms with Gasteiger partial charge in [-0.25, -0.2) is 17.5 Å². The van der Waals surface area contributed by atoms with Crippen molar-refractivity contribution in [2.45, 2.75) is 10.9 Å². The fourth-order valence-electron chi connectivity index (χ4n) is 3.90. The van der Waals surface area contributed by atoms with Gasteiger partial charge in [-0.3, -0.25) is 4.90 Å². The molecule has 2 aromatic carbocycles. The van der Waals surface area contributed by atoms with E-state index in [0.717, 1.165) is 0 Å². The van der Waals surface area contributed by atoms with Crippen LogP contribution in [0.15, 0.2) is 76.2 Å². The van der Waals surface area contributed by atoms with Gasteiger partial charge < -0.3 is 14.1 Å². The maximum absolute atomic E-state index is 14.2. The Labute approximate surface area is 187 Å². The third kappa shape index (κ3) is 4.95. The molecular weight excluding hydrogens is 433 g/mol. The summed E-state index contributed by atoms with van der Waals surface area (Å²) in [6.07, 6.45) is 1.58. The number of piperazine rings is 1. The van der Waals surface area contributed by atoms with Gasteiger partial charge in [-0.1, -0.05) is 12.1 Å². The van der Waals surface area contributed by atoms with E-state index < -0.39 is 10.0 Å². The van der Waals surface area contributed by atoms with Crippen molar-refractivity contribution < 1.29 is 22.0 Å². The van der Waals surface area contributed by atoms with E-state index in [1.807, 2.05) is 17.0 Å². The van der Waals surface area contributed by atoms with E-state index in [4.69, 9.17) is 9.15 Å². The summed E-state index contributed by atoms with van der Waals surface area (Å²) in [5.41, 5.74) is 0.585. The lowest BCUT2D eigenvalue weighted by molar-refractivity contribution is 0.166. The topological polar surface area (TPSA) is 75.0 Å². The first-order valence-corrected chi connectivity index (χ1v) is 11.9. The number of methoxy groups -OCH3 is 1. The Morgan fingerprint density at radius 2 is 1.75 bits per heavy atom. The van der Waals surface area contributed by atoms with Gasteiger partial charge in [-0.2, -0.15) is 0 Å². The number of halogens is 1. The quantitative estimate of drug-likeness (QED) is 0.557. The highest BCUT2D eigenvalue weighted by molar-refractivity contribution is 7.89. The van der Waals surface area contributed by atoms with Gasteiger partial charge in [0.2, 0.25) is 10.0 Å². The van der Waals surface area contributed by atoms with Crippen LogP contribution in [0.1, 0.15) is 11.8 Å². The minimum atomic E-state index is -3.70. The van der Waals surface area contributed by atoms with Crippen molar-refractivity contribution in [3.8, 4) is 5.75 Å². The maximum atomic E-state index is 14.2. The molecule has 32 heavy (non-hydrogen) atoms. The van der Waals surface area contributed by atoms with Gasteiger partial charge in [0.05, 0.1) is 30.0 Å². The normalized spacial score (nSPS) is 16.1. The second kappa shape index (κ2) is 9.72. The molecule has 0 aliphatic carbocycles. The van der Waals surface area contributed by atoms with Crippen LogP contribution in [0, 0.1) is 5.82 Å². The summed E-state index contributed by atoms with van der Waals surface area (Å²) in [4.78, 5) is 4.33. The highest BCUT2D eigenvalue weighted by atomic mass is 32.2. The maximum Gasteiger partial charge on any atom is 0.240 e. The minimum Gasteiger partial charge on any atom is -0.497 e. The molecule has 0 bridgehead atoms. The van der Waals surface area contributed by atoms with Crippen molar-refractivity contribution in [2.75, 3.05) is 44.7 Å². The van der Waals surface area contributed by atoms with Crippen LogP contribution in [0.3, 0.4) is 0 Å². The largest absolute Gasteiger partial charge is 0.497 e. The number of nitrogens with zero attached hydrogens (tertiary/aromatic N) is 2. The van der Waals surface area contributed by atoms with Gasteiger partial charge in [-0.05, 0) is 48.5 Å². The van der Waals surface area contributed by atoms with E-state index in [1.165, 1.54) is 25.3 Å². The molecule has 3 aromatic rings. The van der Waals surface area contributed by atoms with Gasteiger partial charge in [0.15, 0.2) is 0 Å². The smallest absolute Gasteiger partial charge is 0.240 e. The number of hydrogen-bond acceptors (Lipinski definition) is 6. The molecule has 1 N–H and O–H groups in total. The average molecular weight is 460 g/mol. The zero-order valence-electron chi connectivity index (χ0n) is 17.8. The first-order valence-electron chi connectivity index (χ1n) is 10.4. The number of rotatable bonds is 8. The first-order chi connectivity index (χ1) is 15.5. The second-order valence-corrected chi connectivity index (χ2v) is 9.30. The molecular formula is C23H26FN3O4S. The lowest BCUT2D eigenvalue weighted by Crippen LogP contribution is -2.50. The third-order valence-corrected chi connectivity index (χ3v) is 7.10. The lowest BCUT2D eigenvalue weighted by atomic mass is 10.1. The van der Waals surface area contributed by atoms with Crippen LogP contribution in [-0.4, -0.2) is 53.2 Å². The molecule has 1 aliphatic heterocycles. The number of ether oxygens (including phenoxy) is 1. The molecule has 7 nitrogen and oxygen atoms in total. The fraction of sp³-hybridized carbons (Fsp3) is 0.304. The molecule has 4 rings (SSSR count). The molecule has 9 heteroatoms. The van der Waals surface area contributed by atoms with Crippen LogP contribution in [0.4, 0.5) is 10.1 Å². The fourth-order valence-corrected chi connectivity index (χ4v) is 4.94. The van der Waals surface area contributed by atoms with Crippen LogP contribution < -0.4 is 14.4 Å². The van der Waals surface area contributed by atoms with E-state index in [9.17, 15) is 12.8 Å². The van der Waals surface area contributed by atoms with E-state index >= 15 is 0 Å². The summed E-state index contributed by atoms with van der Waals surface area (Å²) in [7, 11) is -2.17. The molecule has 1 aromatic heterocycles. The van der Waals surface area contributed by atoms with Gasteiger partial charge >= 0.3 is 0 Å². The van der Waals surface area contributed by atoms with E-state index in [2.05, 4.69) is 9.62 Å². The molecule has 1 saturated heterocycles. The number of furan rings is 1. The summed E-state index contributed by atoms with van der Waals surface area (Å²) in [5.74, 6) is 1.03. The number of nitrogens with one attached hydrogen (secondary N) is 1. The van der Waals surface area contributed by atoms with Gasteiger partial charge in [0.1, 0.15) is 17.3 Å². The number of sulfonamides is 1. The van der Waals surface area contributed by atoms with Crippen LogP contribution >= 0.6 is 0 Å². The zero-order chi connectivity index (χ0) is 22.6. The number of anilines is 1. The Kier molecular flexibility index (Phi) is 6.78. The molecule has 170 valence electrons. The van der Waals surface area contributed by atoms with Crippen molar-refractivity contribution in [1.82, 2.24) is 9.62 Å². The highest BCUT2D eigenvalue weighted by Gasteiger charge is 2.29. The van der Waals surface area contributed by atoms with Crippen molar-refractivity contribution in [3.05, 3.63) is 78.5 Å². The number of hydrogen-bond donors (Lipinski definition) is 1. The minimum absolute atomic E-state index is 0.154. The Bertz CT molecular complexity index is 1110. The Morgan fingerprint density at radius 1 is 1.03 bits per heavy atom. The molecule has 0 saturated carbocycles. The number of para-hydroxylation sites is 1. The zero-order valence-corrected chi connectivity index (χ0v) is 18.6. The van der Waals surface area contributed by atoms with E-state index in [-0.39, 0.29) is 23.3 Å². The molecule has 1 fully saturated rings. The van der Waals surface area contributed by atoms with Crippen molar-refractivity contribution in [3.63, 3.8) is 0 Å². The molecule has 1 atom stereocenters. The molecule has 0 amide bonds. The predicted molar refractivity (Wildman–Crippen MR) is 120 cm³/mol. The monoisotopic (exact) mass is 459 g/mol. The molecule has 2 heterocycles. The average Bonchev–Trinajstić information content (AvgIpc) is 3.35. The third-order valence-electron chi connectivity index (χ3n) is 5.66. The standard InChI is InChI=1S/C23H26FN3O4S/c1-30-18-8-10-19(11-9-18)32(28,29)25-17-22(23-7-4-16-31-23)27-14-12-26(13-15-27)21-6-3-2-5-20(21)24/h2-11,16,22,25H,12-15,17H2,1H3. The summed E-state index contributed by atoms with van der Waals surface area (Å²) in [6.45, 7) is 2.70. The van der Waals surface area contributed by atoms with Crippen LogP contribution in [0.2, 0.25) is 0 Å². The second-order valence-electron chi connectivity index (χ2n) is 7.53. The molecule has 0 spiro atoms. The van der Waals surface area contributed by atoms with Gasteiger partial charge in [0, 0.05) is 32.7 Å². The Hall–Kier alpha value is -2.88. The van der Waals surface area contributed by atoms with Crippen molar-refractivity contribution in [1.29, 1.82) is 0 Å². The van der Waals surface area contributed by atoms with E-state index in [0.29, 0.717) is 43.4 Å². The van der Waals surface area contributed by atoms with Crippen molar-refractivity contribution >= 4 is 15.7 Å². The predicted octanol–water partition coefficient (Wildman–Crippen LogP) is 3.27. The molecule has 1 unspecified atom stereocenters. The summed E-state index contributed by atoms with van der Waals surface area (Å²) in [5, 5.41) is 0. The van der Waals surface area contributed by atoms with Crippen LogP contribution in [0.25, 0.3) is 0 Å². The summed E-state index contributed by atoms with van der Waals surface area (Å²) < 4.78 is 53.2. The van der Waals surface area contributed by atoms with Crippen LogP contribution in [-0.2, 0) is 10.0 Å². The highest BCUT2D eigenvalue weighted by Crippen LogP contribution is 2.26. The van der Waals surface area contributed by atoms with Gasteiger partial charge in [0.25, 0.3) is 0 Å². The summed E-state index contributed by atoms with van der Waals surface area (Å²) in [6, 6.07) is 16.3. The van der Waals surface area contributed by atoms with E-state index in [1.54, 1.807) is 36.6 Å². The Morgan fingerprint density at radius 3 is 2.38 bits per heavy atom.